The van der Waals surface area contributed by atoms with Gasteiger partial charge in [-0.25, -0.2) is 4.39 Å². The minimum absolute atomic E-state index is 0.00616. The predicted molar refractivity (Wildman–Crippen MR) is 83.9 cm³/mol. The van der Waals surface area contributed by atoms with Crippen molar-refractivity contribution < 1.29 is 17.9 Å². The van der Waals surface area contributed by atoms with Crippen molar-refractivity contribution in [2.75, 3.05) is 11.1 Å². The first kappa shape index (κ1) is 16.8. The molecule has 3 N–H and O–H groups in total. The SMILES string of the molecule is Nc1cc(F)c(Br)cc1NCc1cc(Cl)ccc1OC(F)F. The summed E-state index contributed by atoms with van der Waals surface area (Å²) < 4.78 is 42.7. The van der Waals surface area contributed by atoms with Gasteiger partial charge in [0.2, 0.25) is 0 Å². The Labute approximate surface area is 138 Å². The van der Waals surface area contributed by atoms with Gasteiger partial charge in [0.15, 0.2) is 0 Å². The molecule has 0 aromatic heterocycles. The lowest BCUT2D eigenvalue weighted by Crippen LogP contribution is -2.08. The molecular formula is C14H11BrClF3N2O. The molecule has 2 rings (SSSR count). The van der Waals surface area contributed by atoms with Gasteiger partial charge in [-0.3, -0.25) is 0 Å². The summed E-state index contributed by atoms with van der Waals surface area (Å²) in [7, 11) is 0. The Balaban J connectivity index is 2.21. The molecule has 0 unspecified atom stereocenters. The van der Waals surface area contributed by atoms with Gasteiger partial charge in [0, 0.05) is 23.2 Å². The summed E-state index contributed by atoms with van der Waals surface area (Å²) in [6, 6.07) is 6.92. The first-order valence-electron chi connectivity index (χ1n) is 6.08. The summed E-state index contributed by atoms with van der Waals surface area (Å²) in [5.41, 5.74) is 6.77. The molecule has 0 aliphatic heterocycles. The fourth-order valence-corrected chi connectivity index (χ4v) is 2.34. The summed E-state index contributed by atoms with van der Waals surface area (Å²) >= 11 is 8.91. The molecule has 0 aliphatic rings. The molecular weight excluding hydrogens is 385 g/mol. The van der Waals surface area contributed by atoms with Crippen LogP contribution in [0.4, 0.5) is 24.5 Å². The quantitative estimate of drug-likeness (QED) is 0.698. The van der Waals surface area contributed by atoms with E-state index in [0.717, 1.165) is 6.07 Å². The van der Waals surface area contributed by atoms with Crippen molar-refractivity contribution in [3.8, 4) is 5.75 Å². The van der Waals surface area contributed by atoms with Crippen LogP contribution in [-0.4, -0.2) is 6.61 Å². The topological polar surface area (TPSA) is 47.3 Å². The maximum Gasteiger partial charge on any atom is 0.387 e. The second-order valence-electron chi connectivity index (χ2n) is 4.34. The Kier molecular flexibility index (Phi) is 5.42. The van der Waals surface area contributed by atoms with Gasteiger partial charge in [0.05, 0.1) is 15.8 Å². The van der Waals surface area contributed by atoms with Crippen LogP contribution in [0, 0.1) is 5.82 Å². The van der Waals surface area contributed by atoms with Crippen LogP contribution in [0.25, 0.3) is 0 Å². The Morgan fingerprint density at radius 1 is 1.27 bits per heavy atom. The number of halogens is 5. The molecule has 0 fully saturated rings. The zero-order valence-corrected chi connectivity index (χ0v) is 13.4. The number of rotatable bonds is 5. The molecule has 0 heterocycles. The fourth-order valence-electron chi connectivity index (χ4n) is 1.80. The van der Waals surface area contributed by atoms with Gasteiger partial charge in [-0.2, -0.15) is 8.78 Å². The molecule has 118 valence electrons. The van der Waals surface area contributed by atoms with E-state index in [1.165, 1.54) is 24.3 Å². The molecule has 22 heavy (non-hydrogen) atoms. The third-order valence-electron chi connectivity index (χ3n) is 2.80. The van der Waals surface area contributed by atoms with E-state index >= 15 is 0 Å². The maximum atomic E-state index is 13.3. The minimum atomic E-state index is -2.94. The van der Waals surface area contributed by atoms with E-state index in [0.29, 0.717) is 16.3 Å². The Morgan fingerprint density at radius 3 is 2.68 bits per heavy atom. The first-order valence-corrected chi connectivity index (χ1v) is 7.25. The molecule has 8 heteroatoms. The van der Waals surface area contributed by atoms with Crippen LogP contribution in [0.1, 0.15) is 5.56 Å². The van der Waals surface area contributed by atoms with Crippen molar-refractivity contribution >= 4 is 38.9 Å². The summed E-state index contributed by atoms with van der Waals surface area (Å²) in [5.74, 6) is -0.487. The summed E-state index contributed by atoms with van der Waals surface area (Å²) in [6.07, 6.45) is 0. The third kappa shape index (κ3) is 4.20. The van der Waals surface area contributed by atoms with Crippen LogP contribution in [-0.2, 0) is 6.54 Å². The second kappa shape index (κ2) is 7.11. The fraction of sp³-hybridized carbons (Fsp3) is 0.143. The molecule has 0 saturated heterocycles. The number of hydrogen-bond acceptors (Lipinski definition) is 3. The van der Waals surface area contributed by atoms with Crippen molar-refractivity contribution in [1.82, 2.24) is 0 Å². The van der Waals surface area contributed by atoms with Gasteiger partial charge in [-0.1, -0.05) is 11.6 Å². The number of benzene rings is 2. The van der Waals surface area contributed by atoms with Crippen LogP contribution < -0.4 is 15.8 Å². The van der Waals surface area contributed by atoms with Crippen LogP contribution in [0.2, 0.25) is 5.02 Å². The highest BCUT2D eigenvalue weighted by atomic mass is 79.9. The highest BCUT2D eigenvalue weighted by Crippen LogP contribution is 2.29. The van der Waals surface area contributed by atoms with Crippen LogP contribution in [0.3, 0.4) is 0 Å². The average molecular weight is 396 g/mol. The number of alkyl halides is 2. The van der Waals surface area contributed by atoms with Crippen molar-refractivity contribution in [2.24, 2.45) is 0 Å². The van der Waals surface area contributed by atoms with E-state index in [-0.39, 0.29) is 22.5 Å². The zero-order valence-electron chi connectivity index (χ0n) is 11.0. The second-order valence-corrected chi connectivity index (χ2v) is 5.63. The van der Waals surface area contributed by atoms with Crippen LogP contribution in [0.15, 0.2) is 34.8 Å². The van der Waals surface area contributed by atoms with E-state index in [9.17, 15) is 13.2 Å². The summed E-state index contributed by atoms with van der Waals surface area (Å²) in [5, 5.41) is 3.31. The van der Waals surface area contributed by atoms with E-state index in [2.05, 4.69) is 26.0 Å². The van der Waals surface area contributed by atoms with Crippen molar-refractivity contribution in [1.29, 1.82) is 0 Å². The molecule has 0 amide bonds. The Bertz CT molecular complexity index is 685. The van der Waals surface area contributed by atoms with Crippen molar-refractivity contribution in [3.05, 3.63) is 51.2 Å². The molecule has 2 aromatic carbocycles. The molecule has 0 saturated carbocycles. The highest BCUT2D eigenvalue weighted by Gasteiger charge is 2.11. The molecule has 0 spiro atoms. The average Bonchev–Trinajstić information content (AvgIpc) is 2.43. The molecule has 0 atom stereocenters. The first-order chi connectivity index (χ1) is 10.4. The van der Waals surface area contributed by atoms with Gasteiger partial charge >= 0.3 is 6.61 Å². The van der Waals surface area contributed by atoms with Gasteiger partial charge in [-0.05, 0) is 40.2 Å². The van der Waals surface area contributed by atoms with Gasteiger partial charge in [0.25, 0.3) is 0 Å². The van der Waals surface area contributed by atoms with E-state index in [4.69, 9.17) is 17.3 Å². The number of anilines is 2. The summed E-state index contributed by atoms with van der Waals surface area (Å²) in [4.78, 5) is 0. The zero-order chi connectivity index (χ0) is 16.3. The number of ether oxygens (including phenoxy) is 1. The number of hydrogen-bond donors (Lipinski definition) is 2. The molecule has 2 aromatic rings. The lowest BCUT2D eigenvalue weighted by Gasteiger charge is -2.14. The number of nitrogens with two attached hydrogens (primary N) is 1. The van der Waals surface area contributed by atoms with Crippen molar-refractivity contribution in [2.45, 2.75) is 13.2 Å². The van der Waals surface area contributed by atoms with Crippen LogP contribution in [0.5, 0.6) is 5.75 Å². The molecule has 0 bridgehead atoms. The lowest BCUT2D eigenvalue weighted by molar-refractivity contribution is -0.0504. The highest BCUT2D eigenvalue weighted by molar-refractivity contribution is 9.10. The maximum absolute atomic E-state index is 13.3. The number of nitrogen functional groups attached to an aromatic ring is 1. The largest absolute Gasteiger partial charge is 0.434 e. The summed E-state index contributed by atoms with van der Waals surface area (Å²) in [6.45, 7) is -2.81. The van der Waals surface area contributed by atoms with E-state index in [1.54, 1.807) is 0 Å². The lowest BCUT2D eigenvalue weighted by atomic mass is 10.2. The van der Waals surface area contributed by atoms with Gasteiger partial charge in [-0.15, -0.1) is 0 Å². The molecule has 0 aliphatic carbocycles. The van der Waals surface area contributed by atoms with Gasteiger partial charge in [0.1, 0.15) is 11.6 Å². The molecule has 0 radical (unpaired) electrons. The molecule has 3 nitrogen and oxygen atoms in total. The van der Waals surface area contributed by atoms with Gasteiger partial charge < -0.3 is 15.8 Å². The smallest absolute Gasteiger partial charge is 0.387 e. The van der Waals surface area contributed by atoms with Crippen LogP contribution >= 0.6 is 27.5 Å². The standard InChI is InChI=1S/C14H11BrClF3N2O/c15-9-4-12(11(20)5-10(9)17)21-6-7-3-8(16)1-2-13(7)22-14(18)19/h1-5,14,21H,6,20H2. The minimum Gasteiger partial charge on any atom is -0.434 e. The Hall–Kier alpha value is -1.60. The van der Waals surface area contributed by atoms with Crippen molar-refractivity contribution in [3.63, 3.8) is 0 Å². The monoisotopic (exact) mass is 394 g/mol. The predicted octanol–water partition coefficient (Wildman–Crippen LogP) is 5.04. The Morgan fingerprint density at radius 2 is 2.00 bits per heavy atom. The number of nitrogens with one attached hydrogen (secondary N) is 1. The van der Waals surface area contributed by atoms with E-state index in [1.807, 2.05) is 0 Å². The van der Waals surface area contributed by atoms with E-state index < -0.39 is 12.4 Å². The normalized spacial score (nSPS) is 10.8. The third-order valence-corrected chi connectivity index (χ3v) is 3.64.